The van der Waals surface area contributed by atoms with Crippen LogP contribution in [-0.2, 0) is 4.79 Å². The Balaban J connectivity index is 1.42. The molecule has 0 saturated carbocycles. The first kappa shape index (κ1) is 18.4. The first-order valence-electron chi connectivity index (χ1n) is 8.56. The lowest BCUT2D eigenvalue weighted by atomic mass is 9.96. The fourth-order valence-electron chi connectivity index (χ4n) is 2.87. The van der Waals surface area contributed by atoms with E-state index >= 15 is 0 Å². The summed E-state index contributed by atoms with van der Waals surface area (Å²) in [5, 5.41) is 13.3. The Hall–Kier alpha value is -3.36. The Labute approximate surface area is 154 Å². The van der Waals surface area contributed by atoms with Crippen molar-refractivity contribution in [3.05, 3.63) is 58.2 Å². The normalized spacial score (nSPS) is 15.2. The molecule has 3 rings (SSSR count). The maximum Gasteiger partial charge on any atom is 0.433 e. The van der Waals surface area contributed by atoms with E-state index in [1.165, 1.54) is 12.1 Å². The minimum atomic E-state index is -0.691. The first-order chi connectivity index (χ1) is 13.0. The largest absolute Gasteiger partial charge is 0.465 e. The summed E-state index contributed by atoms with van der Waals surface area (Å²) in [6, 6.07) is 5.95. The summed E-state index contributed by atoms with van der Waals surface area (Å²) in [6.45, 7) is 1.64. The number of nitrogens with one attached hydrogen (secondary N) is 1. The number of likely N-dealkylation sites (tertiary alicyclic amines) is 1. The predicted octanol–water partition coefficient (Wildman–Crippen LogP) is 2.46. The minimum Gasteiger partial charge on any atom is -0.465 e. The number of carbonyl (C=O) groups is 2. The molecule has 0 atom stereocenters. The standard InChI is InChI=1S/C18H19N3O6/c22-16(5-3-14-2-1-11-26-14)20-9-7-13(8-10-20)12-19-18(23)15-4-6-17(27-15)21(24)25/h1-6,11,13H,7-10,12H2,(H,19,23)/b5-3+. The molecule has 0 aliphatic carbocycles. The van der Waals surface area contributed by atoms with Gasteiger partial charge in [-0.25, -0.2) is 0 Å². The van der Waals surface area contributed by atoms with Crippen molar-refractivity contribution in [2.45, 2.75) is 12.8 Å². The van der Waals surface area contributed by atoms with E-state index in [4.69, 9.17) is 8.83 Å². The number of hydrogen-bond acceptors (Lipinski definition) is 6. The number of rotatable bonds is 6. The van der Waals surface area contributed by atoms with Crippen LogP contribution in [0, 0.1) is 16.0 Å². The number of carbonyl (C=O) groups excluding carboxylic acids is 2. The summed E-state index contributed by atoms with van der Waals surface area (Å²) < 4.78 is 10.0. The van der Waals surface area contributed by atoms with Crippen molar-refractivity contribution in [3.63, 3.8) is 0 Å². The number of amides is 2. The molecule has 0 bridgehead atoms. The molecule has 2 amide bonds. The van der Waals surface area contributed by atoms with Crippen LogP contribution < -0.4 is 5.32 Å². The van der Waals surface area contributed by atoms with Gasteiger partial charge in [-0.15, -0.1) is 0 Å². The van der Waals surface area contributed by atoms with Gasteiger partial charge in [0.1, 0.15) is 10.7 Å². The molecular weight excluding hydrogens is 354 g/mol. The maximum atomic E-state index is 12.2. The molecule has 142 valence electrons. The summed E-state index contributed by atoms with van der Waals surface area (Å²) in [5.74, 6) is -0.247. The van der Waals surface area contributed by atoms with Crippen molar-refractivity contribution < 1.29 is 23.3 Å². The molecule has 0 aromatic carbocycles. The van der Waals surface area contributed by atoms with E-state index in [-0.39, 0.29) is 17.6 Å². The highest BCUT2D eigenvalue weighted by molar-refractivity contribution is 5.92. The third-order valence-corrected chi connectivity index (χ3v) is 4.41. The Kier molecular flexibility index (Phi) is 5.70. The minimum absolute atomic E-state index is 0.0724. The van der Waals surface area contributed by atoms with E-state index in [9.17, 15) is 19.7 Å². The van der Waals surface area contributed by atoms with Gasteiger partial charge in [0.15, 0.2) is 5.76 Å². The van der Waals surface area contributed by atoms with Crippen molar-refractivity contribution in [2.24, 2.45) is 5.92 Å². The highest BCUT2D eigenvalue weighted by atomic mass is 16.6. The van der Waals surface area contributed by atoms with Crippen molar-refractivity contribution in [1.29, 1.82) is 0 Å². The lowest BCUT2D eigenvalue weighted by Crippen LogP contribution is -2.40. The van der Waals surface area contributed by atoms with E-state index in [0.717, 1.165) is 18.9 Å². The quantitative estimate of drug-likeness (QED) is 0.472. The molecule has 9 heteroatoms. The van der Waals surface area contributed by atoms with E-state index in [1.54, 1.807) is 29.4 Å². The fourth-order valence-corrected chi connectivity index (χ4v) is 2.87. The molecule has 1 aliphatic rings. The monoisotopic (exact) mass is 373 g/mol. The van der Waals surface area contributed by atoms with E-state index in [2.05, 4.69) is 5.32 Å². The van der Waals surface area contributed by atoms with Crippen LogP contribution in [0.3, 0.4) is 0 Å². The average Bonchev–Trinajstić information content (AvgIpc) is 3.36. The lowest BCUT2D eigenvalue weighted by Gasteiger charge is -2.31. The van der Waals surface area contributed by atoms with Crippen molar-refractivity contribution in [2.75, 3.05) is 19.6 Å². The highest BCUT2D eigenvalue weighted by Gasteiger charge is 2.23. The number of hydrogen-bond donors (Lipinski definition) is 1. The molecule has 2 aromatic heterocycles. The highest BCUT2D eigenvalue weighted by Crippen LogP contribution is 2.18. The molecule has 2 aromatic rings. The Morgan fingerprint density at radius 1 is 1.30 bits per heavy atom. The van der Waals surface area contributed by atoms with Crippen molar-refractivity contribution in [1.82, 2.24) is 10.2 Å². The molecule has 0 unspecified atom stereocenters. The third kappa shape index (κ3) is 4.84. The van der Waals surface area contributed by atoms with Gasteiger partial charge in [0.25, 0.3) is 5.91 Å². The summed E-state index contributed by atoms with van der Waals surface area (Å²) >= 11 is 0. The van der Waals surface area contributed by atoms with E-state index in [1.807, 2.05) is 0 Å². The molecule has 9 nitrogen and oxygen atoms in total. The second-order valence-electron chi connectivity index (χ2n) is 6.22. The molecule has 1 saturated heterocycles. The third-order valence-electron chi connectivity index (χ3n) is 4.41. The van der Waals surface area contributed by atoms with Crippen LogP contribution >= 0.6 is 0 Å². The molecular formula is C18H19N3O6. The molecule has 1 aliphatic heterocycles. The van der Waals surface area contributed by atoms with Crippen LogP contribution in [0.2, 0.25) is 0 Å². The zero-order valence-corrected chi connectivity index (χ0v) is 14.5. The number of nitro groups is 1. The molecule has 0 spiro atoms. The van der Waals surface area contributed by atoms with E-state index < -0.39 is 16.7 Å². The van der Waals surface area contributed by atoms with Gasteiger partial charge in [-0.2, -0.15) is 0 Å². The summed E-state index contributed by atoms with van der Waals surface area (Å²) in [4.78, 5) is 35.8. The van der Waals surface area contributed by atoms with Gasteiger partial charge in [0.2, 0.25) is 5.91 Å². The predicted molar refractivity (Wildman–Crippen MR) is 94.7 cm³/mol. The number of furan rings is 2. The molecule has 3 heterocycles. The van der Waals surface area contributed by atoms with Crippen LogP contribution in [0.25, 0.3) is 6.08 Å². The van der Waals surface area contributed by atoms with Crippen LogP contribution in [0.1, 0.15) is 29.2 Å². The average molecular weight is 373 g/mol. The van der Waals surface area contributed by atoms with Gasteiger partial charge in [-0.1, -0.05) is 0 Å². The summed E-state index contributed by atoms with van der Waals surface area (Å²) in [7, 11) is 0. The van der Waals surface area contributed by atoms with Crippen LogP contribution in [0.15, 0.2) is 45.4 Å². The van der Waals surface area contributed by atoms with Crippen LogP contribution in [0.4, 0.5) is 5.88 Å². The van der Waals surface area contributed by atoms with Gasteiger partial charge in [0.05, 0.1) is 12.3 Å². The van der Waals surface area contributed by atoms with Crippen molar-refractivity contribution in [3.8, 4) is 0 Å². The Morgan fingerprint density at radius 3 is 2.70 bits per heavy atom. The Morgan fingerprint density at radius 2 is 2.07 bits per heavy atom. The maximum absolute atomic E-state index is 12.2. The van der Waals surface area contributed by atoms with Gasteiger partial charge in [0, 0.05) is 25.7 Å². The summed E-state index contributed by atoms with van der Waals surface area (Å²) in [6.07, 6.45) is 6.20. The topological polar surface area (TPSA) is 119 Å². The fraction of sp³-hybridized carbons (Fsp3) is 0.333. The van der Waals surface area contributed by atoms with Crippen LogP contribution in [0.5, 0.6) is 0 Å². The smallest absolute Gasteiger partial charge is 0.433 e. The van der Waals surface area contributed by atoms with Gasteiger partial charge < -0.3 is 19.1 Å². The van der Waals surface area contributed by atoms with Gasteiger partial charge in [-0.3, -0.25) is 19.7 Å². The zero-order valence-electron chi connectivity index (χ0n) is 14.5. The van der Waals surface area contributed by atoms with Crippen LogP contribution in [-0.4, -0.2) is 41.3 Å². The molecule has 1 fully saturated rings. The molecule has 1 N–H and O–H groups in total. The van der Waals surface area contributed by atoms with Crippen molar-refractivity contribution >= 4 is 23.8 Å². The summed E-state index contributed by atoms with van der Waals surface area (Å²) in [5.41, 5.74) is 0. The second kappa shape index (κ2) is 8.35. The van der Waals surface area contributed by atoms with Gasteiger partial charge in [-0.05, 0) is 43.0 Å². The molecule has 27 heavy (non-hydrogen) atoms. The Bertz CT molecular complexity index is 831. The SMILES string of the molecule is O=C(NCC1CCN(C(=O)/C=C/c2ccco2)CC1)c1ccc([N+](=O)[O-])o1. The number of piperidine rings is 1. The van der Waals surface area contributed by atoms with Gasteiger partial charge >= 0.3 is 5.88 Å². The lowest BCUT2D eigenvalue weighted by molar-refractivity contribution is -0.402. The van der Waals surface area contributed by atoms with E-state index in [0.29, 0.717) is 25.4 Å². The molecule has 0 radical (unpaired) electrons. The zero-order chi connectivity index (χ0) is 19.2. The number of nitrogens with zero attached hydrogens (tertiary/aromatic N) is 2. The second-order valence-corrected chi connectivity index (χ2v) is 6.22. The first-order valence-corrected chi connectivity index (χ1v) is 8.56.